The normalized spacial score (nSPS) is 13.0. The van der Waals surface area contributed by atoms with Crippen LogP contribution in [0, 0.1) is 6.92 Å². The summed E-state index contributed by atoms with van der Waals surface area (Å²) in [5, 5.41) is 4.88. The summed E-state index contributed by atoms with van der Waals surface area (Å²) in [4.78, 5) is 4.63. The van der Waals surface area contributed by atoms with Gasteiger partial charge in [0.15, 0.2) is 0 Å². The zero-order valence-electron chi connectivity index (χ0n) is 11.2. The Morgan fingerprint density at radius 2 is 2.15 bits per heavy atom. The van der Waals surface area contributed by atoms with E-state index in [2.05, 4.69) is 27.2 Å². The van der Waals surface area contributed by atoms with Gasteiger partial charge in [-0.05, 0) is 47.9 Å². The van der Waals surface area contributed by atoms with Crippen molar-refractivity contribution in [1.29, 1.82) is 0 Å². The lowest BCUT2D eigenvalue weighted by molar-refractivity contribution is 0.741. The van der Waals surface area contributed by atoms with E-state index in [9.17, 15) is 0 Å². The molecule has 0 aliphatic heterocycles. The molecule has 0 bridgehead atoms. The highest BCUT2D eigenvalue weighted by atomic mass is 35.5. The minimum atomic E-state index is -0.155. The van der Waals surface area contributed by atoms with Gasteiger partial charge in [0.05, 0.1) is 28.0 Å². The molecule has 2 heterocycles. The van der Waals surface area contributed by atoms with Crippen LogP contribution in [0.1, 0.15) is 29.3 Å². The van der Waals surface area contributed by atoms with Crippen molar-refractivity contribution in [3.05, 3.63) is 50.9 Å². The Hall–Kier alpha value is -1.03. The Balaban J connectivity index is 2.21. The van der Waals surface area contributed by atoms with Gasteiger partial charge in [0.1, 0.15) is 5.82 Å². The Kier molecular flexibility index (Phi) is 3.76. The van der Waals surface area contributed by atoms with Crippen molar-refractivity contribution in [2.45, 2.75) is 25.8 Å². The second-order valence-electron chi connectivity index (χ2n) is 4.86. The van der Waals surface area contributed by atoms with Crippen molar-refractivity contribution in [2.75, 3.05) is 0 Å². The maximum absolute atomic E-state index is 6.36. The highest BCUT2D eigenvalue weighted by Gasteiger charge is 2.17. The number of para-hydroxylation sites is 1. The number of thiophene rings is 1. The van der Waals surface area contributed by atoms with Crippen LogP contribution in [0.25, 0.3) is 11.0 Å². The fourth-order valence-electron chi connectivity index (χ4n) is 2.34. The number of hydrogen-bond donors (Lipinski definition) is 0. The average molecular weight is 325 g/mol. The quantitative estimate of drug-likeness (QED) is 0.589. The fraction of sp³-hybridized carbons (Fsp3) is 0.267. The minimum absolute atomic E-state index is 0.155. The Bertz CT molecular complexity index is 758. The van der Waals surface area contributed by atoms with Crippen LogP contribution >= 0.6 is 34.5 Å². The van der Waals surface area contributed by atoms with Gasteiger partial charge in [-0.25, -0.2) is 4.98 Å². The van der Waals surface area contributed by atoms with Crippen LogP contribution in [-0.2, 0) is 6.54 Å². The Morgan fingerprint density at radius 3 is 2.80 bits per heavy atom. The summed E-state index contributed by atoms with van der Waals surface area (Å²) in [6.07, 6.45) is 0. The molecule has 0 N–H and O–H groups in total. The standard InChI is InChI=1S/C15H14Cl2N2S/c1-9-7-20-8-11(9)6-19-14-12(17)4-3-5-13(14)18-15(19)10(2)16/h3-5,7-8,10H,6H2,1-2H3. The summed E-state index contributed by atoms with van der Waals surface area (Å²) < 4.78 is 2.13. The smallest absolute Gasteiger partial charge is 0.128 e. The Morgan fingerprint density at radius 1 is 1.35 bits per heavy atom. The third-order valence-electron chi connectivity index (χ3n) is 3.39. The molecule has 1 atom stereocenters. The first-order valence-electron chi connectivity index (χ1n) is 6.38. The van der Waals surface area contributed by atoms with Crippen LogP contribution in [0.15, 0.2) is 29.0 Å². The van der Waals surface area contributed by atoms with E-state index in [1.165, 1.54) is 11.1 Å². The average Bonchev–Trinajstić information content (AvgIpc) is 2.96. The molecule has 3 rings (SSSR count). The first-order valence-corrected chi connectivity index (χ1v) is 8.14. The molecular formula is C15H14Cl2N2S. The molecule has 0 spiro atoms. The van der Waals surface area contributed by atoms with Crippen LogP contribution in [0.5, 0.6) is 0 Å². The number of halogens is 2. The van der Waals surface area contributed by atoms with Crippen molar-refractivity contribution >= 4 is 45.6 Å². The van der Waals surface area contributed by atoms with Crippen molar-refractivity contribution in [2.24, 2.45) is 0 Å². The van der Waals surface area contributed by atoms with Crippen molar-refractivity contribution in [1.82, 2.24) is 9.55 Å². The van der Waals surface area contributed by atoms with E-state index in [1.54, 1.807) is 11.3 Å². The third kappa shape index (κ3) is 2.34. The maximum atomic E-state index is 6.36. The lowest BCUT2D eigenvalue weighted by atomic mass is 10.2. The second-order valence-corrected chi connectivity index (χ2v) is 6.67. The van der Waals surface area contributed by atoms with Crippen molar-refractivity contribution in [3.8, 4) is 0 Å². The number of aryl methyl sites for hydroxylation is 1. The molecule has 0 aliphatic rings. The third-order valence-corrected chi connectivity index (χ3v) is 4.80. The zero-order chi connectivity index (χ0) is 14.3. The Labute approximate surface area is 132 Å². The first kappa shape index (κ1) is 13.9. The second kappa shape index (κ2) is 5.40. The molecule has 1 unspecified atom stereocenters. The van der Waals surface area contributed by atoms with Crippen LogP contribution < -0.4 is 0 Å². The number of fused-ring (bicyclic) bond motifs is 1. The number of alkyl halides is 1. The monoisotopic (exact) mass is 324 g/mol. The molecule has 2 aromatic heterocycles. The molecule has 3 aromatic rings. The summed E-state index contributed by atoms with van der Waals surface area (Å²) in [6.45, 7) is 4.81. The number of hydrogen-bond acceptors (Lipinski definition) is 2. The molecular weight excluding hydrogens is 311 g/mol. The zero-order valence-corrected chi connectivity index (χ0v) is 13.6. The van der Waals surface area contributed by atoms with E-state index >= 15 is 0 Å². The molecule has 1 aromatic carbocycles. The van der Waals surface area contributed by atoms with Gasteiger partial charge in [0.25, 0.3) is 0 Å². The van der Waals surface area contributed by atoms with Gasteiger partial charge in [-0.2, -0.15) is 11.3 Å². The molecule has 0 fully saturated rings. The van der Waals surface area contributed by atoms with Crippen LogP contribution in [-0.4, -0.2) is 9.55 Å². The van der Waals surface area contributed by atoms with Crippen LogP contribution in [0.2, 0.25) is 5.02 Å². The molecule has 0 radical (unpaired) electrons. The molecule has 2 nitrogen and oxygen atoms in total. The van der Waals surface area contributed by atoms with Crippen LogP contribution in [0.3, 0.4) is 0 Å². The van der Waals surface area contributed by atoms with Gasteiger partial charge in [0, 0.05) is 0 Å². The molecule has 20 heavy (non-hydrogen) atoms. The summed E-state index contributed by atoms with van der Waals surface area (Å²) >= 11 is 14.4. The summed E-state index contributed by atoms with van der Waals surface area (Å²) in [5.74, 6) is 0.861. The first-order chi connectivity index (χ1) is 9.58. The van der Waals surface area contributed by atoms with E-state index in [0.29, 0.717) is 5.02 Å². The topological polar surface area (TPSA) is 17.8 Å². The highest BCUT2D eigenvalue weighted by molar-refractivity contribution is 7.08. The van der Waals surface area contributed by atoms with Crippen LogP contribution in [0.4, 0.5) is 0 Å². The van der Waals surface area contributed by atoms with Gasteiger partial charge in [-0.3, -0.25) is 0 Å². The van der Waals surface area contributed by atoms with Gasteiger partial charge in [0.2, 0.25) is 0 Å². The largest absolute Gasteiger partial charge is 0.321 e. The predicted octanol–water partition coefficient (Wildman–Crippen LogP) is 5.41. The molecule has 104 valence electrons. The number of nitrogens with zero attached hydrogens (tertiary/aromatic N) is 2. The number of benzene rings is 1. The fourth-order valence-corrected chi connectivity index (χ4v) is 3.63. The van der Waals surface area contributed by atoms with Gasteiger partial charge in [-0.15, -0.1) is 11.6 Å². The van der Waals surface area contributed by atoms with Gasteiger partial charge < -0.3 is 4.57 Å². The maximum Gasteiger partial charge on any atom is 0.128 e. The van der Waals surface area contributed by atoms with E-state index in [1.807, 2.05) is 25.1 Å². The number of aromatic nitrogens is 2. The van der Waals surface area contributed by atoms with E-state index in [0.717, 1.165) is 23.4 Å². The lowest BCUT2D eigenvalue weighted by Gasteiger charge is -2.11. The van der Waals surface area contributed by atoms with Crippen molar-refractivity contribution in [3.63, 3.8) is 0 Å². The van der Waals surface area contributed by atoms with E-state index in [-0.39, 0.29) is 5.38 Å². The van der Waals surface area contributed by atoms with E-state index < -0.39 is 0 Å². The van der Waals surface area contributed by atoms with Gasteiger partial charge >= 0.3 is 0 Å². The lowest BCUT2D eigenvalue weighted by Crippen LogP contribution is -2.06. The molecule has 0 saturated heterocycles. The predicted molar refractivity (Wildman–Crippen MR) is 87.2 cm³/mol. The number of imidazole rings is 1. The van der Waals surface area contributed by atoms with Crippen molar-refractivity contribution < 1.29 is 0 Å². The van der Waals surface area contributed by atoms with E-state index in [4.69, 9.17) is 23.2 Å². The summed E-state index contributed by atoms with van der Waals surface area (Å²) in [7, 11) is 0. The summed E-state index contributed by atoms with van der Waals surface area (Å²) in [5.41, 5.74) is 4.43. The highest BCUT2D eigenvalue weighted by Crippen LogP contribution is 2.30. The van der Waals surface area contributed by atoms with Gasteiger partial charge in [-0.1, -0.05) is 17.7 Å². The molecule has 5 heteroatoms. The SMILES string of the molecule is Cc1cscc1Cn1c(C(C)Cl)nc2cccc(Cl)c21. The molecule has 0 saturated carbocycles. The molecule has 0 aliphatic carbocycles. The molecule has 0 amide bonds. The summed E-state index contributed by atoms with van der Waals surface area (Å²) in [6, 6.07) is 5.78. The number of rotatable bonds is 3. The minimum Gasteiger partial charge on any atom is -0.321 e.